The molecule has 0 fully saturated rings. The molecule has 0 saturated carbocycles. The fourth-order valence-corrected chi connectivity index (χ4v) is 13.6. The van der Waals surface area contributed by atoms with Gasteiger partial charge in [-0.25, -0.2) is 9.13 Å². The van der Waals surface area contributed by atoms with E-state index in [1.807, 2.05) is 0 Å². The van der Waals surface area contributed by atoms with Crippen molar-refractivity contribution in [2.45, 2.75) is 432 Å². The minimum absolute atomic E-state index is 0.108. The minimum Gasteiger partial charge on any atom is -0.462 e. The van der Waals surface area contributed by atoms with E-state index in [4.69, 9.17) is 37.0 Å². The van der Waals surface area contributed by atoms with Crippen LogP contribution in [0.1, 0.15) is 413 Å². The maximum absolute atomic E-state index is 13.1. The SMILES string of the molecule is CCCCCCCCCCCCCCCCCCCCC(=O)OC[C@H](COP(=O)(O)OC[C@@H](O)COP(=O)(O)OC[C@@H](COC(=O)CCCCCCCCCC)OC(=O)CCCCCCCCCCCCCCC)OC(=O)CCCCCCCCCCCCCCCCC(C)CC. The Kier molecular flexibility index (Phi) is 69.6. The number of hydrogen-bond acceptors (Lipinski definition) is 15. The minimum atomic E-state index is -4.96. The zero-order valence-corrected chi connectivity index (χ0v) is 65.0. The van der Waals surface area contributed by atoms with E-state index < -0.39 is 97.5 Å². The maximum atomic E-state index is 13.1. The quantitative estimate of drug-likeness (QED) is 0.0222. The molecule has 0 aliphatic carbocycles. The van der Waals surface area contributed by atoms with E-state index in [9.17, 15) is 43.2 Å². The van der Waals surface area contributed by atoms with Gasteiger partial charge in [-0.15, -0.1) is 0 Å². The lowest BCUT2D eigenvalue weighted by Crippen LogP contribution is -2.30. The molecule has 0 aliphatic heterocycles. The Morgan fingerprint density at radius 3 is 0.732 bits per heavy atom. The molecule has 576 valence electrons. The van der Waals surface area contributed by atoms with Crippen LogP contribution in [-0.2, 0) is 65.4 Å². The molecule has 0 rings (SSSR count). The monoisotopic (exact) mass is 1420 g/mol. The Hall–Kier alpha value is -1.94. The first-order chi connectivity index (χ1) is 47.1. The summed E-state index contributed by atoms with van der Waals surface area (Å²) >= 11 is 0. The summed E-state index contributed by atoms with van der Waals surface area (Å²) in [5, 5.41) is 10.6. The van der Waals surface area contributed by atoms with Crippen molar-refractivity contribution in [1.82, 2.24) is 0 Å². The van der Waals surface area contributed by atoms with Crippen LogP contribution in [0.5, 0.6) is 0 Å². The van der Waals surface area contributed by atoms with Gasteiger partial charge in [0, 0.05) is 25.7 Å². The lowest BCUT2D eigenvalue weighted by Gasteiger charge is -2.21. The smallest absolute Gasteiger partial charge is 0.462 e. The average Bonchev–Trinajstić information content (AvgIpc) is 1.02. The molecule has 0 saturated heterocycles. The third-order valence-corrected chi connectivity index (χ3v) is 20.5. The van der Waals surface area contributed by atoms with Crippen molar-refractivity contribution < 1.29 is 80.2 Å². The highest BCUT2D eigenvalue weighted by Gasteiger charge is 2.30. The molecule has 6 atom stereocenters. The topological polar surface area (TPSA) is 237 Å². The predicted octanol–water partition coefficient (Wildman–Crippen LogP) is 23.3. The average molecular weight is 1420 g/mol. The van der Waals surface area contributed by atoms with E-state index in [-0.39, 0.29) is 25.7 Å². The summed E-state index contributed by atoms with van der Waals surface area (Å²) in [4.78, 5) is 72.8. The summed E-state index contributed by atoms with van der Waals surface area (Å²) in [5.74, 6) is -1.27. The van der Waals surface area contributed by atoms with Gasteiger partial charge in [0.25, 0.3) is 0 Å². The van der Waals surface area contributed by atoms with E-state index >= 15 is 0 Å². The van der Waals surface area contributed by atoms with Crippen molar-refractivity contribution in [3.63, 3.8) is 0 Å². The first-order valence-electron chi connectivity index (χ1n) is 40.7. The van der Waals surface area contributed by atoms with Crippen molar-refractivity contribution in [2.75, 3.05) is 39.6 Å². The summed E-state index contributed by atoms with van der Waals surface area (Å²) in [6.45, 7) is 7.34. The number of esters is 4. The Morgan fingerprint density at radius 1 is 0.289 bits per heavy atom. The van der Waals surface area contributed by atoms with Crippen LogP contribution in [0.4, 0.5) is 0 Å². The van der Waals surface area contributed by atoms with Gasteiger partial charge in [0.05, 0.1) is 26.4 Å². The van der Waals surface area contributed by atoms with Gasteiger partial charge in [-0.2, -0.15) is 0 Å². The molecule has 3 unspecified atom stereocenters. The molecule has 0 bridgehead atoms. The fraction of sp³-hybridized carbons (Fsp3) is 0.949. The number of rotatable bonds is 78. The van der Waals surface area contributed by atoms with Crippen LogP contribution < -0.4 is 0 Å². The van der Waals surface area contributed by atoms with E-state index in [2.05, 4.69) is 34.6 Å². The number of ether oxygens (including phenoxy) is 4. The van der Waals surface area contributed by atoms with Crippen molar-refractivity contribution in [1.29, 1.82) is 0 Å². The van der Waals surface area contributed by atoms with E-state index in [1.54, 1.807) is 0 Å². The molecule has 0 spiro atoms. The molecule has 0 heterocycles. The molecule has 19 heteroatoms. The van der Waals surface area contributed by atoms with Gasteiger partial charge < -0.3 is 33.8 Å². The molecule has 0 radical (unpaired) electrons. The number of aliphatic hydroxyl groups is 1. The van der Waals surface area contributed by atoms with Crippen LogP contribution >= 0.6 is 15.6 Å². The number of aliphatic hydroxyl groups excluding tert-OH is 1. The zero-order valence-electron chi connectivity index (χ0n) is 63.2. The molecule has 0 amide bonds. The maximum Gasteiger partial charge on any atom is 0.472 e. The molecule has 97 heavy (non-hydrogen) atoms. The van der Waals surface area contributed by atoms with Crippen molar-refractivity contribution in [2.24, 2.45) is 5.92 Å². The summed E-state index contributed by atoms with van der Waals surface area (Å²) in [6, 6.07) is 0. The molecular weight excluding hydrogens is 1270 g/mol. The van der Waals surface area contributed by atoms with Crippen molar-refractivity contribution in [3.05, 3.63) is 0 Å². The summed E-state index contributed by atoms with van der Waals surface area (Å²) in [5.41, 5.74) is 0. The number of phosphoric ester groups is 2. The van der Waals surface area contributed by atoms with Crippen LogP contribution in [0.2, 0.25) is 0 Å². The summed E-state index contributed by atoms with van der Waals surface area (Å²) in [7, 11) is -9.91. The highest BCUT2D eigenvalue weighted by molar-refractivity contribution is 7.47. The third kappa shape index (κ3) is 70.9. The highest BCUT2D eigenvalue weighted by atomic mass is 31.2. The number of hydrogen-bond donors (Lipinski definition) is 3. The van der Waals surface area contributed by atoms with Crippen molar-refractivity contribution >= 4 is 39.5 Å². The predicted molar refractivity (Wildman–Crippen MR) is 395 cm³/mol. The molecule has 0 aromatic rings. The Labute approximate surface area is 594 Å². The Bertz CT molecular complexity index is 1860. The Balaban J connectivity index is 5.20. The lowest BCUT2D eigenvalue weighted by molar-refractivity contribution is -0.161. The summed E-state index contributed by atoms with van der Waals surface area (Å²) < 4.78 is 68.5. The highest BCUT2D eigenvalue weighted by Crippen LogP contribution is 2.45. The lowest BCUT2D eigenvalue weighted by atomic mass is 9.99. The van der Waals surface area contributed by atoms with Gasteiger partial charge in [0.2, 0.25) is 0 Å². The third-order valence-electron chi connectivity index (χ3n) is 18.6. The Morgan fingerprint density at radius 2 is 0.495 bits per heavy atom. The van der Waals surface area contributed by atoms with Crippen LogP contribution in [0, 0.1) is 5.92 Å². The van der Waals surface area contributed by atoms with Gasteiger partial charge in [0.1, 0.15) is 19.3 Å². The zero-order chi connectivity index (χ0) is 71.2. The van der Waals surface area contributed by atoms with Crippen molar-refractivity contribution in [3.8, 4) is 0 Å². The second-order valence-corrected chi connectivity index (χ2v) is 31.3. The van der Waals surface area contributed by atoms with Gasteiger partial charge in [0.15, 0.2) is 12.2 Å². The standard InChI is InChI=1S/C78H152O17P2/c1-6-10-13-16-19-22-24-26-27-28-29-30-35-38-42-47-52-57-62-76(81)89-68-74(95-78(83)64-59-54-49-44-40-36-32-31-34-37-41-45-50-55-60-71(5)9-4)70-93-97(86,87)91-66-72(79)65-90-96(84,85)92-69-73(67-88-75(80)61-56-51-46-21-18-15-12-8-3)94-77(82)63-58-53-48-43-39-33-25-23-20-17-14-11-7-2/h71-74,79H,6-70H2,1-5H3,(H,84,85)(H,86,87)/t71?,72-,73+,74+/m0/s1. The normalized spacial score (nSPS) is 14.2. The van der Waals surface area contributed by atoms with Crippen LogP contribution in [0.25, 0.3) is 0 Å². The van der Waals surface area contributed by atoms with E-state index in [1.165, 1.54) is 231 Å². The number of phosphoric acid groups is 2. The molecule has 0 aromatic heterocycles. The molecular formula is C78H152O17P2. The fourth-order valence-electron chi connectivity index (χ4n) is 12.0. The number of carbonyl (C=O) groups excluding carboxylic acids is 4. The van der Waals surface area contributed by atoms with Gasteiger partial charge in [-0.3, -0.25) is 37.3 Å². The number of carbonyl (C=O) groups is 4. The van der Waals surface area contributed by atoms with Crippen LogP contribution in [0.15, 0.2) is 0 Å². The largest absolute Gasteiger partial charge is 0.472 e. The first-order valence-corrected chi connectivity index (χ1v) is 43.7. The van der Waals surface area contributed by atoms with Crippen LogP contribution in [0.3, 0.4) is 0 Å². The van der Waals surface area contributed by atoms with Crippen LogP contribution in [-0.4, -0.2) is 96.7 Å². The molecule has 0 aromatic carbocycles. The molecule has 3 N–H and O–H groups in total. The second kappa shape index (κ2) is 71.1. The molecule has 17 nitrogen and oxygen atoms in total. The number of unbranched alkanes of at least 4 members (excludes halogenated alkanes) is 49. The van der Waals surface area contributed by atoms with E-state index in [0.29, 0.717) is 25.7 Å². The van der Waals surface area contributed by atoms with E-state index in [0.717, 1.165) is 102 Å². The van der Waals surface area contributed by atoms with Gasteiger partial charge in [-0.1, -0.05) is 362 Å². The second-order valence-electron chi connectivity index (χ2n) is 28.3. The van der Waals surface area contributed by atoms with Gasteiger partial charge >= 0.3 is 39.5 Å². The molecule has 0 aliphatic rings. The summed E-state index contributed by atoms with van der Waals surface area (Å²) in [6.07, 6.45) is 61.0. The first kappa shape index (κ1) is 95.1. The van der Waals surface area contributed by atoms with Gasteiger partial charge in [-0.05, 0) is 31.6 Å².